The number of quaternary nitrogens is 1. The van der Waals surface area contributed by atoms with E-state index in [-0.39, 0.29) is 0 Å². The molecule has 3 aromatic heterocycles. The van der Waals surface area contributed by atoms with E-state index < -0.39 is 0 Å². The zero-order chi connectivity index (χ0) is 18.6. The number of hydrogen-bond donors (Lipinski definition) is 1. The lowest BCUT2D eigenvalue weighted by Crippen LogP contribution is -3.14. The molecule has 0 radical (unpaired) electrons. The van der Waals surface area contributed by atoms with Crippen molar-refractivity contribution in [1.29, 1.82) is 0 Å². The number of aromatic amines is 1. The van der Waals surface area contributed by atoms with Crippen LogP contribution in [-0.2, 0) is 13.2 Å². The van der Waals surface area contributed by atoms with Crippen LogP contribution in [0.3, 0.4) is 0 Å². The molecule has 7 nitrogen and oxygen atoms in total. The maximum atomic E-state index is 5.70. The average Bonchev–Trinajstić information content (AvgIpc) is 3.05. The number of H-pyrrole nitrogens is 1. The summed E-state index contributed by atoms with van der Waals surface area (Å²) >= 11 is 5.70. The van der Waals surface area contributed by atoms with E-state index in [9.17, 15) is 0 Å². The number of hydrogen-bond acceptors (Lipinski definition) is 4. The van der Waals surface area contributed by atoms with Crippen LogP contribution in [0.4, 0.5) is 5.69 Å². The van der Waals surface area contributed by atoms with E-state index in [2.05, 4.69) is 38.5 Å². The quantitative estimate of drug-likeness (QED) is 0.658. The van der Waals surface area contributed by atoms with Crippen molar-refractivity contribution in [2.24, 2.45) is 0 Å². The number of nitrogens with zero attached hydrogens (tertiary/aromatic N) is 5. The van der Waals surface area contributed by atoms with Gasteiger partial charge in [0.15, 0.2) is 24.9 Å². The second-order valence-electron chi connectivity index (χ2n) is 6.74. The molecule has 0 bridgehead atoms. The SMILES string of the molecule is CCn1c(-c2ccncc2)nn(C[NH+]2CCN(c3cc[nH+]cc3)CC2)c1=S. The molecule has 4 rings (SSSR count). The molecule has 0 aromatic carbocycles. The number of nitrogens with one attached hydrogen (secondary N) is 2. The van der Waals surface area contributed by atoms with Crippen molar-refractivity contribution < 1.29 is 9.88 Å². The Balaban J connectivity index is 1.48. The largest absolute Gasteiger partial charge is 0.360 e. The molecule has 1 saturated heterocycles. The first-order valence-corrected chi connectivity index (χ1v) is 9.79. The summed E-state index contributed by atoms with van der Waals surface area (Å²) in [5.74, 6) is 0.920. The maximum Gasteiger partial charge on any atom is 0.203 e. The zero-order valence-corrected chi connectivity index (χ0v) is 16.3. The van der Waals surface area contributed by atoms with Gasteiger partial charge >= 0.3 is 0 Å². The van der Waals surface area contributed by atoms with Gasteiger partial charge in [0.1, 0.15) is 0 Å². The molecule has 0 unspecified atom stereocenters. The van der Waals surface area contributed by atoms with Crippen LogP contribution in [0.15, 0.2) is 49.1 Å². The maximum absolute atomic E-state index is 5.70. The van der Waals surface area contributed by atoms with Crippen LogP contribution < -0.4 is 14.8 Å². The third kappa shape index (κ3) is 3.77. The van der Waals surface area contributed by atoms with E-state index in [4.69, 9.17) is 17.3 Å². The van der Waals surface area contributed by atoms with Crippen molar-refractivity contribution >= 4 is 17.9 Å². The minimum absolute atomic E-state index is 0.790. The molecule has 2 N–H and O–H groups in total. The number of anilines is 1. The second kappa shape index (κ2) is 7.98. The van der Waals surface area contributed by atoms with Gasteiger partial charge in [-0.1, -0.05) is 0 Å². The summed E-state index contributed by atoms with van der Waals surface area (Å²) in [7, 11) is 0. The Morgan fingerprint density at radius 3 is 2.48 bits per heavy atom. The number of rotatable bonds is 5. The lowest BCUT2D eigenvalue weighted by molar-refractivity contribution is -0.924. The minimum atomic E-state index is 0.790. The van der Waals surface area contributed by atoms with Crippen LogP contribution in [0.1, 0.15) is 6.92 Å². The van der Waals surface area contributed by atoms with Crippen molar-refractivity contribution in [2.75, 3.05) is 31.1 Å². The standard InChI is InChI=1S/C19H23N7S/c1-2-25-18(16-3-7-20-8-4-16)22-26(19(25)27)15-23-11-13-24(14-12-23)17-5-9-21-10-6-17/h3-10H,2,11-15H2,1H3/p+2. The predicted molar refractivity (Wildman–Crippen MR) is 106 cm³/mol. The molecular formula is C19H25N7S+2. The monoisotopic (exact) mass is 383 g/mol. The van der Waals surface area contributed by atoms with Gasteiger partial charge in [-0.25, -0.2) is 4.98 Å². The molecule has 4 heterocycles. The molecule has 0 spiro atoms. The molecule has 0 atom stereocenters. The van der Waals surface area contributed by atoms with Crippen LogP contribution >= 0.6 is 12.2 Å². The summed E-state index contributed by atoms with van der Waals surface area (Å²) in [6.45, 7) is 7.95. The summed E-state index contributed by atoms with van der Waals surface area (Å²) in [5, 5.41) is 4.83. The number of aromatic nitrogens is 5. The van der Waals surface area contributed by atoms with E-state index in [1.807, 2.05) is 29.2 Å². The van der Waals surface area contributed by atoms with Gasteiger partial charge < -0.3 is 14.4 Å². The third-order valence-corrected chi connectivity index (χ3v) is 5.52. The fraction of sp³-hybridized carbons (Fsp3) is 0.368. The third-order valence-electron chi connectivity index (χ3n) is 5.09. The van der Waals surface area contributed by atoms with Gasteiger partial charge in [-0.2, -0.15) is 4.68 Å². The Morgan fingerprint density at radius 1 is 1.11 bits per heavy atom. The van der Waals surface area contributed by atoms with E-state index in [0.717, 1.165) is 55.6 Å². The first-order valence-electron chi connectivity index (χ1n) is 9.39. The van der Waals surface area contributed by atoms with Gasteiger partial charge in [0.05, 0.1) is 26.2 Å². The highest BCUT2D eigenvalue weighted by atomic mass is 32.1. The Bertz CT molecular complexity index is 928. The fourth-order valence-corrected chi connectivity index (χ4v) is 3.90. The van der Waals surface area contributed by atoms with Crippen molar-refractivity contribution in [3.63, 3.8) is 0 Å². The van der Waals surface area contributed by atoms with Crippen molar-refractivity contribution in [3.05, 3.63) is 53.8 Å². The Hall–Kier alpha value is -2.58. The van der Waals surface area contributed by atoms with Crippen molar-refractivity contribution in [3.8, 4) is 11.4 Å². The normalized spacial score (nSPS) is 15.2. The first kappa shape index (κ1) is 17.8. The molecule has 0 aliphatic carbocycles. The van der Waals surface area contributed by atoms with Gasteiger partial charge in [-0.3, -0.25) is 4.98 Å². The van der Waals surface area contributed by atoms with Crippen LogP contribution in [0.5, 0.6) is 0 Å². The van der Waals surface area contributed by atoms with Crippen LogP contribution in [0, 0.1) is 4.77 Å². The molecular weight excluding hydrogens is 358 g/mol. The van der Waals surface area contributed by atoms with Gasteiger partial charge in [-0.05, 0) is 31.3 Å². The topological polar surface area (TPSA) is 57.5 Å². The first-order chi connectivity index (χ1) is 13.3. The highest BCUT2D eigenvalue weighted by molar-refractivity contribution is 7.71. The summed E-state index contributed by atoms with van der Waals surface area (Å²) in [6.07, 6.45) is 7.55. The van der Waals surface area contributed by atoms with Gasteiger partial charge in [0.2, 0.25) is 4.77 Å². The highest BCUT2D eigenvalue weighted by Gasteiger charge is 2.22. The summed E-state index contributed by atoms with van der Waals surface area (Å²) in [6, 6.07) is 8.23. The highest BCUT2D eigenvalue weighted by Crippen LogP contribution is 2.17. The van der Waals surface area contributed by atoms with Gasteiger partial charge in [-0.15, -0.1) is 5.10 Å². The molecule has 1 aliphatic rings. The van der Waals surface area contributed by atoms with Crippen LogP contribution in [-0.4, -0.2) is 45.5 Å². The number of piperazine rings is 1. The Morgan fingerprint density at radius 2 is 1.81 bits per heavy atom. The molecule has 1 aliphatic heterocycles. The molecule has 0 saturated carbocycles. The fourth-order valence-electron chi connectivity index (χ4n) is 3.58. The van der Waals surface area contributed by atoms with E-state index in [1.165, 1.54) is 10.6 Å². The summed E-state index contributed by atoms with van der Waals surface area (Å²) < 4.78 is 4.87. The Kier molecular flexibility index (Phi) is 5.26. The van der Waals surface area contributed by atoms with Gasteiger partial charge in [0, 0.05) is 42.3 Å². The van der Waals surface area contributed by atoms with Crippen molar-refractivity contribution in [2.45, 2.75) is 20.1 Å². The molecule has 3 aromatic rings. The molecule has 1 fully saturated rings. The van der Waals surface area contributed by atoms with E-state index in [0.29, 0.717) is 0 Å². The van der Waals surface area contributed by atoms with E-state index in [1.54, 1.807) is 12.4 Å². The zero-order valence-electron chi connectivity index (χ0n) is 15.5. The summed E-state index contributed by atoms with van der Waals surface area (Å²) in [4.78, 5) is 11.1. The molecule has 8 heteroatoms. The number of pyridine rings is 2. The van der Waals surface area contributed by atoms with Gasteiger partial charge in [0.25, 0.3) is 0 Å². The predicted octanol–water partition coefficient (Wildman–Crippen LogP) is 0.673. The summed E-state index contributed by atoms with van der Waals surface area (Å²) in [5.41, 5.74) is 2.33. The van der Waals surface area contributed by atoms with Crippen LogP contribution in [0.2, 0.25) is 0 Å². The molecule has 27 heavy (non-hydrogen) atoms. The second-order valence-corrected chi connectivity index (χ2v) is 7.10. The lowest BCUT2D eigenvalue weighted by atomic mass is 10.2. The van der Waals surface area contributed by atoms with Crippen molar-refractivity contribution in [1.82, 2.24) is 19.3 Å². The Labute approximate surface area is 163 Å². The smallest absolute Gasteiger partial charge is 0.203 e. The lowest BCUT2D eigenvalue weighted by Gasteiger charge is -2.33. The molecule has 0 amide bonds. The molecule has 140 valence electrons. The average molecular weight is 384 g/mol. The van der Waals surface area contributed by atoms with Crippen LogP contribution in [0.25, 0.3) is 11.4 Å². The minimum Gasteiger partial charge on any atom is -0.360 e. The van der Waals surface area contributed by atoms with E-state index >= 15 is 0 Å².